The van der Waals surface area contributed by atoms with Crippen molar-refractivity contribution in [1.82, 2.24) is 10.6 Å². The smallest absolute Gasteiger partial charge is 0.255 e. The Hall–Kier alpha value is -1.28. The topological polar surface area (TPSA) is 58.2 Å². The van der Waals surface area contributed by atoms with Gasteiger partial charge >= 0.3 is 0 Å². The molecule has 1 heterocycles. The van der Waals surface area contributed by atoms with E-state index in [0.29, 0.717) is 10.9 Å². The highest BCUT2D eigenvalue weighted by atomic mass is 31.0. The number of amides is 2. The van der Waals surface area contributed by atoms with Crippen LogP contribution < -0.4 is 10.6 Å². The van der Waals surface area contributed by atoms with Crippen LogP contribution in [0.15, 0.2) is 11.9 Å². The highest BCUT2D eigenvalue weighted by Gasteiger charge is 2.14. The molecule has 2 amide bonds. The molecule has 4 nitrogen and oxygen atoms in total. The third kappa shape index (κ3) is 1.90. The molecule has 2 N–H and O–H groups in total. The average molecular weight is 198 g/mol. The van der Waals surface area contributed by atoms with Crippen LogP contribution in [0, 0.1) is 0 Å². The largest absolute Gasteiger partial charge is 0.355 e. The average Bonchev–Trinajstić information content (AvgIpc) is 2.63. The summed E-state index contributed by atoms with van der Waals surface area (Å²) in [5.74, 6) is 1.44. The molecule has 1 aromatic heterocycles. The van der Waals surface area contributed by atoms with E-state index < -0.39 is 0 Å². The molecule has 0 aromatic carbocycles. The van der Waals surface area contributed by atoms with Crippen molar-refractivity contribution in [3.8, 4) is 0 Å². The lowest BCUT2D eigenvalue weighted by Crippen LogP contribution is -2.23. The molecule has 13 heavy (non-hydrogen) atoms. The summed E-state index contributed by atoms with van der Waals surface area (Å²) in [6, 6.07) is 1.68. The molecule has 1 rings (SSSR count). The molecule has 1 unspecified atom stereocenters. The Morgan fingerprint density at radius 1 is 1.23 bits per heavy atom. The third-order valence-electron chi connectivity index (χ3n) is 1.67. The van der Waals surface area contributed by atoms with Crippen molar-refractivity contribution in [1.29, 1.82) is 0 Å². The van der Waals surface area contributed by atoms with Gasteiger partial charge in [0.15, 0.2) is 0 Å². The first-order valence-electron chi connectivity index (χ1n) is 3.82. The van der Waals surface area contributed by atoms with E-state index in [4.69, 9.17) is 0 Å². The van der Waals surface area contributed by atoms with E-state index in [1.807, 2.05) is 5.80 Å². The summed E-state index contributed by atoms with van der Waals surface area (Å²) in [6.07, 6.45) is 0. The predicted molar refractivity (Wildman–Crippen MR) is 52.7 cm³/mol. The first kappa shape index (κ1) is 9.81. The van der Waals surface area contributed by atoms with Crippen molar-refractivity contribution in [2.75, 3.05) is 14.1 Å². The van der Waals surface area contributed by atoms with Gasteiger partial charge < -0.3 is 10.6 Å². The maximum absolute atomic E-state index is 11.3. The van der Waals surface area contributed by atoms with Gasteiger partial charge in [0.25, 0.3) is 11.8 Å². The van der Waals surface area contributed by atoms with E-state index >= 15 is 0 Å². The Labute approximate surface area is 77.8 Å². The summed E-state index contributed by atoms with van der Waals surface area (Å²) in [4.78, 5) is 22.5. The Kier molecular flexibility index (Phi) is 3.09. The van der Waals surface area contributed by atoms with Crippen LogP contribution in [-0.2, 0) is 0 Å². The fourth-order valence-corrected chi connectivity index (χ4v) is 2.03. The van der Waals surface area contributed by atoms with Crippen LogP contribution in [-0.4, -0.2) is 25.9 Å². The molecule has 0 aliphatic rings. The zero-order chi connectivity index (χ0) is 9.84. The zero-order valence-corrected chi connectivity index (χ0v) is 8.47. The van der Waals surface area contributed by atoms with Gasteiger partial charge in [-0.3, -0.25) is 9.59 Å². The highest BCUT2D eigenvalue weighted by molar-refractivity contribution is 7.32. The molecular formula is C8H11N2O2P. The Bertz CT molecular complexity index is 302. The van der Waals surface area contributed by atoms with Gasteiger partial charge in [-0.25, -0.2) is 0 Å². The van der Waals surface area contributed by atoms with Crippen molar-refractivity contribution < 1.29 is 9.59 Å². The van der Waals surface area contributed by atoms with Gasteiger partial charge in [0, 0.05) is 14.1 Å². The molecule has 1 atom stereocenters. The molecule has 0 spiro atoms. The van der Waals surface area contributed by atoms with E-state index in [1.54, 1.807) is 20.2 Å². The van der Waals surface area contributed by atoms with Crippen molar-refractivity contribution in [2.45, 2.75) is 0 Å². The summed E-state index contributed by atoms with van der Waals surface area (Å²) < 4.78 is 0. The number of hydrogen-bond acceptors (Lipinski definition) is 2. The lowest BCUT2D eigenvalue weighted by Gasteiger charge is -2.00. The summed E-state index contributed by atoms with van der Waals surface area (Å²) in [6.45, 7) is 0. The summed E-state index contributed by atoms with van der Waals surface area (Å²) in [7, 11) is 3.39. The van der Waals surface area contributed by atoms with Crippen molar-refractivity contribution >= 4 is 20.0 Å². The third-order valence-corrected chi connectivity index (χ3v) is 2.79. The number of carbonyl (C=O) groups is 2. The summed E-state index contributed by atoms with van der Waals surface area (Å²) in [5.41, 5.74) is 0.472. The first-order valence-corrected chi connectivity index (χ1v) is 4.90. The van der Waals surface area contributed by atoms with E-state index in [2.05, 4.69) is 10.6 Å². The van der Waals surface area contributed by atoms with Gasteiger partial charge in [-0.1, -0.05) is 0 Å². The predicted octanol–water partition coefficient (Wildman–Crippen LogP) is 0.437. The van der Waals surface area contributed by atoms with E-state index in [0.717, 1.165) is 0 Å². The molecule has 0 aliphatic heterocycles. The van der Waals surface area contributed by atoms with Crippen LogP contribution in [0.4, 0.5) is 0 Å². The SMILES string of the molecule is CNC(=O)c1cc[pH]c1C(=O)NC. The Morgan fingerprint density at radius 2 is 1.85 bits per heavy atom. The lowest BCUT2D eigenvalue weighted by molar-refractivity contribution is 0.0933. The Morgan fingerprint density at radius 3 is 2.38 bits per heavy atom. The van der Waals surface area contributed by atoms with Crippen molar-refractivity contribution in [2.24, 2.45) is 0 Å². The van der Waals surface area contributed by atoms with Crippen LogP contribution in [0.25, 0.3) is 0 Å². The van der Waals surface area contributed by atoms with Gasteiger partial charge in [0.2, 0.25) is 0 Å². The molecule has 0 saturated heterocycles. The molecule has 0 radical (unpaired) electrons. The number of rotatable bonds is 2. The van der Waals surface area contributed by atoms with E-state index in [-0.39, 0.29) is 20.0 Å². The number of nitrogens with one attached hydrogen (secondary N) is 2. The lowest BCUT2D eigenvalue weighted by atomic mass is 10.2. The quantitative estimate of drug-likeness (QED) is 0.724. The minimum atomic E-state index is -0.208. The van der Waals surface area contributed by atoms with Crippen LogP contribution >= 0.6 is 8.19 Å². The van der Waals surface area contributed by atoms with Gasteiger partial charge in [0.05, 0.1) is 10.9 Å². The molecule has 0 aliphatic carbocycles. The summed E-state index contributed by atoms with van der Waals surface area (Å²) >= 11 is 0. The van der Waals surface area contributed by atoms with Crippen molar-refractivity contribution in [3.63, 3.8) is 0 Å². The molecule has 0 bridgehead atoms. The van der Waals surface area contributed by atoms with Gasteiger partial charge in [-0.15, -0.1) is 8.19 Å². The van der Waals surface area contributed by atoms with Crippen LogP contribution in [0.2, 0.25) is 0 Å². The molecule has 70 valence electrons. The highest BCUT2D eigenvalue weighted by Crippen LogP contribution is 2.20. The fraction of sp³-hybridized carbons (Fsp3) is 0.250. The van der Waals surface area contributed by atoms with E-state index in [9.17, 15) is 9.59 Å². The molecule has 0 saturated carbocycles. The normalized spacial score (nSPS) is 10.0. The summed E-state index contributed by atoms with van der Waals surface area (Å²) in [5, 5.41) is 5.56. The second-order valence-corrected chi connectivity index (χ2v) is 3.55. The van der Waals surface area contributed by atoms with Gasteiger partial charge in [-0.2, -0.15) is 0 Å². The second kappa shape index (κ2) is 4.10. The number of carbonyl (C=O) groups excluding carboxylic acids is 2. The maximum atomic E-state index is 11.3. The molecule has 0 fully saturated rings. The van der Waals surface area contributed by atoms with Gasteiger partial charge in [0.1, 0.15) is 0 Å². The molecule has 1 aromatic rings. The zero-order valence-electron chi connectivity index (χ0n) is 7.47. The van der Waals surface area contributed by atoms with Crippen LogP contribution in [0.5, 0.6) is 0 Å². The molecular weight excluding hydrogens is 187 g/mol. The van der Waals surface area contributed by atoms with Crippen LogP contribution in [0.1, 0.15) is 20.4 Å². The standard InChI is InChI=1S/C8H11N2O2P/c1-9-7(11)5-3-4-13-6(5)8(12)10-2/h3-4,13H,1-2H3,(H,9,11)(H,10,12). The van der Waals surface area contributed by atoms with Gasteiger partial charge in [-0.05, 0) is 11.9 Å². The van der Waals surface area contributed by atoms with Crippen molar-refractivity contribution in [3.05, 3.63) is 22.7 Å². The second-order valence-electron chi connectivity index (χ2n) is 2.42. The monoisotopic (exact) mass is 198 g/mol. The number of hydrogen-bond donors (Lipinski definition) is 2. The molecule has 5 heteroatoms. The Balaban J connectivity index is 3.02. The minimum Gasteiger partial charge on any atom is -0.355 e. The fourth-order valence-electron chi connectivity index (χ4n) is 1.01. The maximum Gasteiger partial charge on any atom is 0.255 e. The van der Waals surface area contributed by atoms with E-state index in [1.165, 1.54) is 0 Å². The first-order chi connectivity index (χ1) is 6.20. The minimum absolute atomic E-state index is 0.179. The van der Waals surface area contributed by atoms with Crippen LogP contribution in [0.3, 0.4) is 0 Å².